The molecule has 1 saturated heterocycles. The van der Waals surface area contributed by atoms with Crippen molar-refractivity contribution < 1.29 is 32.5 Å². The van der Waals surface area contributed by atoms with Crippen molar-refractivity contribution in [2.75, 3.05) is 13.2 Å². The van der Waals surface area contributed by atoms with Gasteiger partial charge in [0.25, 0.3) is 6.43 Å². The predicted molar refractivity (Wildman–Crippen MR) is 119 cm³/mol. The number of carbonyl (C=O) groups is 1. The minimum absolute atomic E-state index is 0.0200. The smallest absolute Gasteiger partial charge is 0.408 e. The largest absolute Gasteiger partial charge is 0.488 e. The molecule has 3 rings (SSSR count). The number of ether oxygens (including phenoxy) is 4. The molecule has 1 amide bonds. The van der Waals surface area contributed by atoms with E-state index in [0.717, 1.165) is 5.56 Å². The lowest BCUT2D eigenvalue weighted by molar-refractivity contribution is -0.272. The molecule has 1 N–H and O–H groups in total. The number of hydrogen-bond acceptors (Lipinski definition) is 5. The first-order valence-electron chi connectivity index (χ1n) is 10.8. The van der Waals surface area contributed by atoms with Gasteiger partial charge in [0.1, 0.15) is 23.5 Å². The summed E-state index contributed by atoms with van der Waals surface area (Å²) in [6.07, 6.45) is -3.48. The molecule has 0 spiro atoms. The van der Waals surface area contributed by atoms with Gasteiger partial charge in [0.05, 0.1) is 18.8 Å². The molecule has 0 radical (unpaired) electrons. The number of rotatable bonds is 6. The second-order valence-corrected chi connectivity index (χ2v) is 9.51. The Hall–Kier alpha value is -2.71. The van der Waals surface area contributed by atoms with Crippen molar-refractivity contribution >= 4 is 6.09 Å². The van der Waals surface area contributed by atoms with Gasteiger partial charge in [-0.15, -0.1) is 0 Å². The van der Waals surface area contributed by atoms with E-state index in [0.29, 0.717) is 5.56 Å². The van der Waals surface area contributed by atoms with Gasteiger partial charge in [-0.3, -0.25) is 0 Å². The Labute approximate surface area is 193 Å². The number of halogens is 2. The maximum absolute atomic E-state index is 14.0. The Morgan fingerprint density at radius 2 is 1.73 bits per heavy atom. The third kappa shape index (κ3) is 6.65. The van der Waals surface area contributed by atoms with Crippen LogP contribution in [0.1, 0.15) is 57.7 Å². The van der Waals surface area contributed by atoms with Crippen LogP contribution in [0, 0.1) is 0 Å². The number of alkyl carbamates (subject to hydrolysis) is 1. The lowest BCUT2D eigenvalue weighted by atomic mass is 9.89. The van der Waals surface area contributed by atoms with Crippen LogP contribution in [0.4, 0.5) is 13.6 Å². The highest BCUT2D eigenvalue weighted by molar-refractivity contribution is 5.69. The third-order valence-electron chi connectivity index (χ3n) is 5.11. The maximum atomic E-state index is 14.0. The van der Waals surface area contributed by atoms with Crippen LogP contribution in [0.15, 0.2) is 48.5 Å². The van der Waals surface area contributed by atoms with Gasteiger partial charge in [0.2, 0.25) is 0 Å². The van der Waals surface area contributed by atoms with E-state index >= 15 is 0 Å². The van der Waals surface area contributed by atoms with E-state index in [-0.39, 0.29) is 31.1 Å². The van der Waals surface area contributed by atoms with Crippen molar-refractivity contribution in [1.29, 1.82) is 0 Å². The summed E-state index contributed by atoms with van der Waals surface area (Å²) in [5, 5.41) is 2.79. The molecule has 1 heterocycles. The molecular weight excluding hydrogens is 432 g/mol. The number of nitrogens with one attached hydrogen (secondary N) is 1. The van der Waals surface area contributed by atoms with Gasteiger partial charge in [0.15, 0.2) is 5.79 Å². The van der Waals surface area contributed by atoms with Crippen LogP contribution in [-0.2, 0) is 26.4 Å². The SMILES string of the molecule is CC(C)(C)OC(=O)NC1(c2ccc(OCc3ccccc3)c(C(F)F)c2)COC(C)(C)OC1. The minimum atomic E-state index is -2.78. The van der Waals surface area contributed by atoms with Gasteiger partial charge in [0, 0.05) is 0 Å². The van der Waals surface area contributed by atoms with Gasteiger partial charge in [-0.1, -0.05) is 36.4 Å². The summed E-state index contributed by atoms with van der Waals surface area (Å²) in [5.74, 6) is -0.799. The molecule has 2 aromatic carbocycles. The number of benzene rings is 2. The van der Waals surface area contributed by atoms with Crippen LogP contribution in [0.5, 0.6) is 5.75 Å². The summed E-state index contributed by atoms with van der Waals surface area (Å²) >= 11 is 0. The standard InChI is InChI=1S/C25H31F2NO5/c1-23(2,3)33-22(29)28-25(15-31-24(4,5)32-16-25)18-11-12-20(19(13-18)21(26)27)30-14-17-9-7-6-8-10-17/h6-13,21H,14-16H2,1-5H3,(H,28,29). The molecule has 1 fully saturated rings. The lowest BCUT2D eigenvalue weighted by Crippen LogP contribution is -2.59. The van der Waals surface area contributed by atoms with E-state index in [1.165, 1.54) is 12.1 Å². The molecule has 0 saturated carbocycles. The fourth-order valence-corrected chi connectivity index (χ4v) is 3.37. The molecule has 0 aromatic heterocycles. The lowest BCUT2D eigenvalue weighted by Gasteiger charge is -2.44. The molecule has 6 nitrogen and oxygen atoms in total. The quantitative estimate of drug-likeness (QED) is 0.595. The van der Waals surface area contributed by atoms with Crippen LogP contribution < -0.4 is 10.1 Å². The molecule has 0 unspecified atom stereocenters. The molecule has 180 valence electrons. The van der Waals surface area contributed by atoms with Crippen LogP contribution in [0.2, 0.25) is 0 Å². The molecule has 1 aliphatic rings. The molecule has 8 heteroatoms. The summed E-state index contributed by atoms with van der Waals surface area (Å²) < 4.78 is 50.6. The highest BCUT2D eigenvalue weighted by atomic mass is 19.3. The zero-order valence-corrected chi connectivity index (χ0v) is 19.6. The maximum Gasteiger partial charge on any atom is 0.408 e. The Morgan fingerprint density at radius 1 is 1.09 bits per heavy atom. The fourth-order valence-electron chi connectivity index (χ4n) is 3.37. The first-order chi connectivity index (χ1) is 15.4. The van der Waals surface area contributed by atoms with Crippen molar-refractivity contribution in [3.05, 3.63) is 65.2 Å². The van der Waals surface area contributed by atoms with E-state index in [1.54, 1.807) is 40.7 Å². The second kappa shape index (κ2) is 9.65. The van der Waals surface area contributed by atoms with E-state index in [1.807, 2.05) is 30.3 Å². The second-order valence-electron chi connectivity index (χ2n) is 9.51. The summed E-state index contributed by atoms with van der Waals surface area (Å²) in [4.78, 5) is 12.6. The van der Waals surface area contributed by atoms with Gasteiger partial charge in [-0.25, -0.2) is 13.6 Å². The van der Waals surface area contributed by atoms with Crippen LogP contribution in [-0.4, -0.2) is 30.7 Å². The Kier molecular flexibility index (Phi) is 7.29. The summed E-state index contributed by atoms with van der Waals surface area (Å²) in [6.45, 7) is 8.91. The number of alkyl halides is 2. The highest BCUT2D eigenvalue weighted by Crippen LogP contribution is 2.37. The predicted octanol–water partition coefficient (Wildman–Crippen LogP) is 5.71. The van der Waals surface area contributed by atoms with E-state index in [2.05, 4.69) is 5.32 Å². The molecular formula is C25H31F2NO5. The van der Waals surface area contributed by atoms with Crippen LogP contribution >= 0.6 is 0 Å². The third-order valence-corrected chi connectivity index (χ3v) is 5.11. The number of carbonyl (C=O) groups excluding carboxylic acids is 1. The Balaban J connectivity index is 1.90. The number of amides is 1. The molecule has 1 aliphatic heterocycles. The summed E-state index contributed by atoms with van der Waals surface area (Å²) in [6, 6.07) is 13.7. The van der Waals surface area contributed by atoms with Crippen molar-refractivity contribution in [3.63, 3.8) is 0 Å². The monoisotopic (exact) mass is 463 g/mol. The molecule has 0 atom stereocenters. The topological polar surface area (TPSA) is 66.0 Å². The molecule has 0 bridgehead atoms. The van der Waals surface area contributed by atoms with E-state index in [9.17, 15) is 13.6 Å². The van der Waals surface area contributed by atoms with Crippen molar-refractivity contribution in [1.82, 2.24) is 5.32 Å². The van der Waals surface area contributed by atoms with Crippen molar-refractivity contribution in [2.45, 2.75) is 64.6 Å². The zero-order chi connectivity index (χ0) is 24.3. The molecule has 33 heavy (non-hydrogen) atoms. The van der Waals surface area contributed by atoms with Gasteiger partial charge in [-0.2, -0.15) is 0 Å². The Bertz CT molecular complexity index is 947. The average Bonchev–Trinajstić information content (AvgIpc) is 2.73. The van der Waals surface area contributed by atoms with Gasteiger partial charge in [-0.05, 0) is 57.9 Å². The molecule has 0 aliphatic carbocycles. The number of hydrogen-bond donors (Lipinski definition) is 1. The Morgan fingerprint density at radius 3 is 2.30 bits per heavy atom. The fraction of sp³-hybridized carbons (Fsp3) is 0.480. The van der Waals surface area contributed by atoms with E-state index in [4.69, 9.17) is 18.9 Å². The van der Waals surface area contributed by atoms with Crippen LogP contribution in [0.3, 0.4) is 0 Å². The van der Waals surface area contributed by atoms with Crippen molar-refractivity contribution in [2.24, 2.45) is 0 Å². The van der Waals surface area contributed by atoms with Crippen LogP contribution in [0.25, 0.3) is 0 Å². The van der Waals surface area contributed by atoms with Gasteiger partial charge < -0.3 is 24.3 Å². The zero-order valence-electron chi connectivity index (χ0n) is 19.6. The first-order valence-corrected chi connectivity index (χ1v) is 10.8. The minimum Gasteiger partial charge on any atom is -0.488 e. The summed E-state index contributed by atoms with van der Waals surface area (Å²) in [5.41, 5.74) is -0.949. The molecule has 2 aromatic rings. The highest BCUT2D eigenvalue weighted by Gasteiger charge is 2.44. The average molecular weight is 464 g/mol. The first kappa shape index (κ1) is 24.9. The summed E-state index contributed by atoms with van der Waals surface area (Å²) in [7, 11) is 0. The van der Waals surface area contributed by atoms with Gasteiger partial charge >= 0.3 is 6.09 Å². The van der Waals surface area contributed by atoms with Crippen molar-refractivity contribution in [3.8, 4) is 5.75 Å². The normalized spacial score (nSPS) is 17.5. The van der Waals surface area contributed by atoms with E-state index < -0.39 is 29.4 Å².